The van der Waals surface area contributed by atoms with Crippen LogP contribution in [0.5, 0.6) is 5.75 Å². The molecule has 1 aromatic heterocycles. The van der Waals surface area contributed by atoms with Crippen molar-refractivity contribution in [3.05, 3.63) is 88.8 Å². The van der Waals surface area contributed by atoms with Crippen LogP contribution in [0.25, 0.3) is 0 Å². The lowest BCUT2D eigenvalue weighted by Crippen LogP contribution is -2.31. The van der Waals surface area contributed by atoms with Crippen molar-refractivity contribution in [3.8, 4) is 5.75 Å². The molecule has 0 aliphatic rings. The van der Waals surface area contributed by atoms with Crippen LogP contribution in [0.3, 0.4) is 0 Å². The van der Waals surface area contributed by atoms with Gasteiger partial charge < -0.3 is 4.74 Å². The van der Waals surface area contributed by atoms with Gasteiger partial charge in [-0.05, 0) is 23.8 Å². The van der Waals surface area contributed by atoms with Crippen molar-refractivity contribution in [1.82, 2.24) is 14.8 Å². The monoisotopic (exact) mass is 499 g/mol. The fourth-order valence-electron chi connectivity index (χ4n) is 3.07. The molecule has 0 bridgehead atoms. The third-order valence-corrected chi connectivity index (χ3v) is 6.56. The van der Waals surface area contributed by atoms with Gasteiger partial charge in [-0.25, -0.2) is 31.5 Å². The molecule has 3 aromatic rings. The summed E-state index contributed by atoms with van der Waals surface area (Å²) >= 11 is 0. The highest BCUT2D eigenvalue weighted by molar-refractivity contribution is 7.89. The zero-order valence-electron chi connectivity index (χ0n) is 17.4. The Morgan fingerprint density at radius 3 is 2.44 bits per heavy atom. The Balaban J connectivity index is 2.11. The Hall–Kier alpha value is -3.55. The van der Waals surface area contributed by atoms with E-state index in [2.05, 4.69) is 4.98 Å². The summed E-state index contributed by atoms with van der Waals surface area (Å²) in [6, 6.07) is 6.89. The first-order valence-corrected chi connectivity index (χ1v) is 10.9. The van der Waals surface area contributed by atoms with Gasteiger partial charge in [0.2, 0.25) is 10.0 Å². The number of rotatable bonds is 8. The molecule has 0 unspecified atom stereocenters. The van der Waals surface area contributed by atoms with Crippen molar-refractivity contribution in [3.63, 3.8) is 0 Å². The van der Waals surface area contributed by atoms with Gasteiger partial charge in [0.05, 0.1) is 7.11 Å². The molecule has 0 fully saturated rings. The second kappa shape index (κ2) is 10.2. The number of nitrogens with zero attached hydrogens (tertiary/aromatic N) is 2. The smallest absolute Gasteiger partial charge is 0.274 e. The summed E-state index contributed by atoms with van der Waals surface area (Å²) in [6.07, 6.45) is 2.76. The molecule has 8 nitrogen and oxygen atoms in total. The Kier molecular flexibility index (Phi) is 7.49. The Morgan fingerprint density at radius 2 is 1.82 bits per heavy atom. The number of methoxy groups -OCH3 is 1. The van der Waals surface area contributed by atoms with Crippen LogP contribution in [-0.2, 0) is 23.1 Å². The van der Waals surface area contributed by atoms with Crippen molar-refractivity contribution >= 4 is 15.9 Å². The quantitative estimate of drug-likeness (QED) is 0.162. The van der Waals surface area contributed by atoms with E-state index in [0.717, 1.165) is 0 Å². The maximum atomic E-state index is 14.4. The highest BCUT2D eigenvalue weighted by Gasteiger charge is 2.33. The lowest BCUT2D eigenvalue weighted by molar-refractivity contribution is 0.0706. The van der Waals surface area contributed by atoms with Crippen molar-refractivity contribution in [1.29, 1.82) is 0 Å². The molecule has 3 rings (SSSR count). The van der Waals surface area contributed by atoms with Gasteiger partial charge in [0.25, 0.3) is 5.91 Å². The molecule has 13 heteroatoms. The van der Waals surface area contributed by atoms with Crippen molar-refractivity contribution in [2.75, 3.05) is 7.11 Å². The minimum absolute atomic E-state index is 0.0153. The molecule has 0 aliphatic carbocycles. The van der Waals surface area contributed by atoms with Crippen LogP contribution in [-0.4, -0.2) is 35.9 Å². The molecular weight excluding hydrogens is 482 g/mol. The molecule has 2 N–H and O–H groups in total. The minimum Gasteiger partial charge on any atom is -0.496 e. The summed E-state index contributed by atoms with van der Waals surface area (Å²) < 4.78 is 87.8. The number of benzene rings is 2. The van der Waals surface area contributed by atoms with E-state index in [0.29, 0.717) is 9.87 Å². The van der Waals surface area contributed by atoms with E-state index in [1.807, 2.05) is 0 Å². The van der Waals surface area contributed by atoms with Gasteiger partial charge in [0.1, 0.15) is 10.6 Å². The van der Waals surface area contributed by atoms with Crippen LogP contribution in [0.1, 0.15) is 21.5 Å². The van der Waals surface area contributed by atoms with Gasteiger partial charge in [0, 0.05) is 42.7 Å². The van der Waals surface area contributed by atoms with E-state index in [4.69, 9.17) is 9.94 Å². The average Bonchev–Trinajstić information content (AvgIpc) is 2.84. The summed E-state index contributed by atoms with van der Waals surface area (Å²) in [5.41, 5.74) is 1.97. The molecule has 1 heterocycles. The first-order valence-electron chi connectivity index (χ1n) is 9.43. The van der Waals surface area contributed by atoms with Crippen molar-refractivity contribution in [2.24, 2.45) is 0 Å². The lowest BCUT2D eigenvalue weighted by Gasteiger charge is -2.24. The zero-order chi connectivity index (χ0) is 25.0. The second-order valence-corrected chi connectivity index (χ2v) is 8.81. The van der Waals surface area contributed by atoms with E-state index >= 15 is 0 Å². The third-order valence-electron chi connectivity index (χ3n) is 4.77. The number of carbonyl (C=O) groups is 1. The number of hydrogen-bond donors (Lipinski definition) is 2. The number of nitrogens with one attached hydrogen (secondary N) is 1. The maximum absolute atomic E-state index is 14.4. The largest absolute Gasteiger partial charge is 0.496 e. The fourth-order valence-corrected chi connectivity index (χ4v) is 4.54. The van der Waals surface area contributed by atoms with Crippen molar-refractivity contribution < 1.29 is 40.7 Å². The predicted molar refractivity (Wildman–Crippen MR) is 109 cm³/mol. The van der Waals surface area contributed by atoms with Gasteiger partial charge in [0.15, 0.2) is 23.3 Å². The van der Waals surface area contributed by atoms with E-state index in [9.17, 15) is 30.8 Å². The Bertz CT molecular complexity index is 1320. The third kappa shape index (κ3) is 5.00. The van der Waals surface area contributed by atoms with Crippen LogP contribution >= 0.6 is 0 Å². The van der Waals surface area contributed by atoms with Crippen LogP contribution in [0.2, 0.25) is 0 Å². The van der Waals surface area contributed by atoms with Gasteiger partial charge in [-0.3, -0.25) is 15.0 Å². The number of amides is 1. The van der Waals surface area contributed by atoms with Gasteiger partial charge in [-0.1, -0.05) is 12.1 Å². The fraction of sp³-hybridized carbons (Fsp3) is 0.143. The Morgan fingerprint density at radius 1 is 1.09 bits per heavy atom. The molecule has 0 atom stereocenters. The van der Waals surface area contributed by atoms with Crippen LogP contribution < -0.4 is 10.2 Å². The molecule has 0 spiro atoms. The number of hydrogen-bond acceptors (Lipinski definition) is 6. The second-order valence-electron chi connectivity index (χ2n) is 6.90. The van der Waals surface area contributed by atoms with E-state index in [-0.39, 0.29) is 22.9 Å². The standard InChI is InChI=1S/C21H17F4N3O5S/c1-33-16-7-13(21(29)27-30)4-5-14(16)11-28(10-12-3-2-6-26-9-12)34(31,32)17-8-15(22)18(23)20(25)19(17)24/h2-9,30H,10-11H2,1H3,(H,27,29). The van der Waals surface area contributed by atoms with E-state index in [1.54, 1.807) is 0 Å². The number of halogens is 4. The van der Waals surface area contributed by atoms with Gasteiger partial charge in [-0.15, -0.1) is 0 Å². The zero-order valence-corrected chi connectivity index (χ0v) is 18.2. The highest BCUT2D eigenvalue weighted by Crippen LogP contribution is 2.30. The summed E-state index contributed by atoms with van der Waals surface area (Å²) in [5.74, 6) is -9.19. The number of ether oxygens (including phenoxy) is 1. The maximum Gasteiger partial charge on any atom is 0.274 e. The molecule has 1 amide bonds. The van der Waals surface area contributed by atoms with Crippen LogP contribution in [0, 0.1) is 23.3 Å². The van der Waals surface area contributed by atoms with Crippen LogP contribution in [0.4, 0.5) is 17.6 Å². The van der Waals surface area contributed by atoms with Crippen molar-refractivity contribution in [2.45, 2.75) is 18.0 Å². The van der Waals surface area contributed by atoms with Crippen LogP contribution in [0.15, 0.2) is 53.7 Å². The van der Waals surface area contributed by atoms with Gasteiger partial charge >= 0.3 is 0 Å². The number of carbonyl (C=O) groups excluding carboxylic acids is 1. The number of hydroxylamine groups is 1. The molecular formula is C21H17F4N3O5S. The lowest BCUT2D eigenvalue weighted by atomic mass is 10.1. The van der Waals surface area contributed by atoms with E-state index < -0.39 is 57.2 Å². The topological polar surface area (TPSA) is 109 Å². The summed E-state index contributed by atoms with van der Waals surface area (Å²) in [5, 5.41) is 8.80. The predicted octanol–water partition coefficient (Wildman–Crippen LogP) is 3.16. The average molecular weight is 499 g/mol. The number of pyridine rings is 1. The Labute approximate surface area is 191 Å². The summed E-state index contributed by atoms with van der Waals surface area (Å²) in [7, 11) is -3.70. The molecule has 0 saturated carbocycles. The summed E-state index contributed by atoms with van der Waals surface area (Å²) in [4.78, 5) is 14.1. The van der Waals surface area contributed by atoms with Gasteiger partial charge in [-0.2, -0.15) is 4.31 Å². The molecule has 34 heavy (non-hydrogen) atoms. The normalized spacial score (nSPS) is 11.5. The molecule has 2 aromatic carbocycles. The summed E-state index contributed by atoms with van der Waals surface area (Å²) in [6.45, 7) is -0.903. The first kappa shape index (κ1) is 25.1. The SMILES string of the molecule is COc1cc(C(=O)NO)ccc1CN(Cc1cccnc1)S(=O)(=O)c1cc(F)c(F)c(F)c1F. The molecule has 0 radical (unpaired) electrons. The molecule has 0 saturated heterocycles. The minimum atomic E-state index is -4.94. The molecule has 0 aliphatic heterocycles. The number of aromatic nitrogens is 1. The first-order chi connectivity index (χ1) is 16.1. The number of sulfonamides is 1. The van der Waals surface area contributed by atoms with E-state index in [1.165, 1.54) is 55.3 Å². The molecule has 180 valence electrons. The highest BCUT2D eigenvalue weighted by atomic mass is 32.2.